The van der Waals surface area contributed by atoms with Crippen LogP contribution in [-0.4, -0.2) is 16.4 Å². The molecule has 0 saturated heterocycles. The van der Waals surface area contributed by atoms with Gasteiger partial charge in [-0.1, -0.05) is 50.2 Å². The van der Waals surface area contributed by atoms with Crippen LogP contribution in [0.25, 0.3) is 0 Å². The maximum absolute atomic E-state index is 15.0. The summed E-state index contributed by atoms with van der Waals surface area (Å²) in [6, 6.07) is 13.2. The van der Waals surface area contributed by atoms with Crippen LogP contribution in [0.1, 0.15) is 42.0 Å². The van der Waals surface area contributed by atoms with Crippen molar-refractivity contribution in [3.05, 3.63) is 82.9 Å². The van der Waals surface area contributed by atoms with Gasteiger partial charge in [-0.2, -0.15) is 13.2 Å². The van der Waals surface area contributed by atoms with Gasteiger partial charge in [-0.3, -0.25) is 0 Å². The third kappa shape index (κ3) is 3.40. The Morgan fingerprint density at radius 3 is 1.60 bits per heavy atom. The topological polar surface area (TPSA) is 92.5 Å². The molecule has 0 amide bonds. The second kappa shape index (κ2) is 7.48. The van der Waals surface area contributed by atoms with Crippen LogP contribution < -0.4 is 11.5 Å². The first-order valence-corrected chi connectivity index (χ1v) is 9.33. The molecule has 158 valence electrons. The van der Waals surface area contributed by atoms with Gasteiger partial charge < -0.3 is 21.7 Å². The van der Waals surface area contributed by atoms with Gasteiger partial charge in [0.15, 0.2) is 0 Å². The van der Waals surface area contributed by atoms with E-state index >= 15 is 13.2 Å². The Balaban J connectivity index is 2.48. The van der Waals surface area contributed by atoms with Gasteiger partial charge in [0.1, 0.15) is 16.9 Å². The summed E-state index contributed by atoms with van der Waals surface area (Å²) in [4.78, 5) is 0. The average molecular weight is 416 g/mol. The zero-order valence-corrected chi connectivity index (χ0v) is 16.5. The molecule has 30 heavy (non-hydrogen) atoms. The maximum Gasteiger partial charge on any atom is 0.406 e. The van der Waals surface area contributed by atoms with Gasteiger partial charge in [0.25, 0.3) is 0 Å². The van der Waals surface area contributed by atoms with Gasteiger partial charge in [0.2, 0.25) is 0 Å². The molecule has 0 unspecified atom stereocenters. The Kier molecular flexibility index (Phi) is 5.33. The van der Waals surface area contributed by atoms with E-state index in [4.69, 9.17) is 11.5 Å². The Labute approximate surface area is 172 Å². The van der Waals surface area contributed by atoms with Crippen LogP contribution >= 0.6 is 0 Å². The average Bonchev–Trinajstić information content (AvgIpc) is 2.67. The number of hydrogen-bond donors (Lipinski definition) is 4. The van der Waals surface area contributed by atoms with E-state index in [0.717, 1.165) is 29.8 Å². The number of anilines is 2. The van der Waals surface area contributed by atoms with Gasteiger partial charge in [0.05, 0.1) is 11.4 Å². The van der Waals surface area contributed by atoms with E-state index in [1.54, 1.807) is 12.1 Å². The highest BCUT2D eigenvalue weighted by Crippen LogP contribution is 2.53. The van der Waals surface area contributed by atoms with Crippen molar-refractivity contribution in [3.8, 4) is 11.5 Å². The monoisotopic (exact) mass is 416 g/mol. The van der Waals surface area contributed by atoms with Crippen LogP contribution in [0.15, 0.2) is 60.7 Å². The number of nitrogen functional groups attached to an aromatic ring is 2. The SMILES string of the molecule is CC(C)c1cccc(C(c2ccc(O)c(N)c2)(c2ccc(O)c(N)c2)C(F)(F)F)c1. The number of nitrogens with two attached hydrogens (primary N) is 2. The van der Waals surface area contributed by atoms with Crippen molar-refractivity contribution in [1.82, 2.24) is 0 Å². The predicted molar refractivity (Wildman–Crippen MR) is 112 cm³/mol. The molecule has 0 fully saturated rings. The molecule has 3 aromatic rings. The lowest BCUT2D eigenvalue weighted by molar-refractivity contribution is -0.166. The fraction of sp³-hybridized carbons (Fsp3) is 0.217. The highest BCUT2D eigenvalue weighted by atomic mass is 19.4. The summed E-state index contributed by atoms with van der Waals surface area (Å²) in [5.74, 6) is -0.613. The number of phenolic OH excluding ortho intramolecular Hbond substituents is 2. The Hall–Kier alpha value is -3.35. The van der Waals surface area contributed by atoms with E-state index in [1.165, 1.54) is 24.3 Å². The van der Waals surface area contributed by atoms with Crippen molar-refractivity contribution < 1.29 is 23.4 Å². The van der Waals surface area contributed by atoms with Crippen LogP contribution in [0.2, 0.25) is 0 Å². The maximum atomic E-state index is 15.0. The number of alkyl halides is 3. The van der Waals surface area contributed by atoms with E-state index < -0.39 is 11.6 Å². The van der Waals surface area contributed by atoms with Crippen LogP contribution in [0, 0.1) is 0 Å². The minimum atomic E-state index is -4.80. The first-order chi connectivity index (χ1) is 14.0. The summed E-state index contributed by atoms with van der Waals surface area (Å²) in [5, 5.41) is 19.6. The van der Waals surface area contributed by atoms with Gasteiger partial charge >= 0.3 is 6.18 Å². The standard InChI is InChI=1S/C23H23F3N2O2/c1-13(2)14-4-3-5-15(10-14)22(23(24,25)26,16-6-8-20(29)18(27)11-16)17-7-9-21(30)19(28)12-17/h3-13,29-30H,27-28H2,1-2H3. The molecular formula is C23H23F3N2O2. The lowest BCUT2D eigenvalue weighted by atomic mass is 9.68. The lowest BCUT2D eigenvalue weighted by Crippen LogP contribution is -2.44. The number of hydrogen-bond acceptors (Lipinski definition) is 4. The number of phenols is 2. The van der Waals surface area contributed by atoms with Gasteiger partial charge in [-0.05, 0) is 52.4 Å². The molecule has 0 saturated carbocycles. The number of rotatable bonds is 4. The smallest absolute Gasteiger partial charge is 0.406 e. The summed E-state index contributed by atoms with van der Waals surface area (Å²) >= 11 is 0. The molecule has 0 bridgehead atoms. The van der Waals surface area contributed by atoms with E-state index in [-0.39, 0.29) is 45.5 Å². The second-order valence-corrected chi connectivity index (χ2v) is 7.58. The number of aromatic hydroxyl groups is 2. The number of halogens is 3. The van der Waals surface area contributed by atoms with Crippen molar-refractivity contribution >= 4 is 11.4 Å². The Morgan fingerprint density at radius 1 is 0.733 bits per heavy atom. The molecule has 3 rings (SSSR count). The van der Waals surface area contributed by atoms with Crippen LogP contribution in [-0.2, 0) is 5.41 Å². The van der Waals surface area contributed by atoms with Crippen molar-refractivity contribution in [2.45, 2.75) is 31.4 Å². The highest BCUT2D eigenvalue weighted by molar-refractivity contribution is 5.64. The van der Waals surface area contributed by atoms with E-state index in [9.17, 15) is 10.2 Å². The Bertz CT molecular complexity index is 1030. The minimum Gasteiger partial charge on any atom is -0.506 e. The zero-order chi connectivity index (χ0) is 22.3. The largest absolute Gasteiger partial charge is 0.506 e. The minimum absolute atomic E-state index is 0.00524. The molecule has 0 aromatic heterocycles. The number of benzene rings is 3. The van der Waals surface area contributed by atoms with Crippen LogP contribution in [0.4, 0.5) is 24.5 Å². The zero-order valence-electron chi connectivity index (χ0n) is 16.5. The molecule has 0 spiro atoms. The fourth-order valence-corrected chi connectivity index (χ4v) is 3.70. The Morgan fingerprint density at radius 2 is 1.20 bits per heavy atom. The van der Waals surface area contributed by atoms with Crippen molar-refractivity contribution in [2.24, 2.45) is 0 Å². The molecule has 0 aliphatic heterocycles. The van der Waals surface area contributed by atoms with Crippen molar-refractivity contribution in [2.75, 3.05) is 11.5 Å². The lowest BCUT2D eigenvalue weighted by Gasteiger charge is -2.38. The van der Waals surface area contributed by atoms with Crippen molar-refractivity contribution in [1.29, 1.82) is 0 Å². The second-order valence-electron chi connectivity index (χ2n) is 7.58. The molecular weight excluding hydrogens is 393 g/mol. The van der Waals surface area contributed by atoms with E-state index in [0.29, 0.717) is 0 Å². The summed E-state index contributed by atoms with van der Waals surface area (Å²) in [5.41, 5.74) is 8.94. The van der Waals surface area contributed by atoms with Crippen LogP contribution in [0.3, 0.4) is 0 Å². The molecule has 4 nitrogen and oxygen atoms in total. The van der Waals surface area contributed by atoms with E-state index in [1.807, 2.05) is 13.8 Å². The van der Waals surface area contributed by atoms with Crippen molar-refractivity contribution in [3.63, 3.8) is 0 Å². The molecule has 0 aliphatic rings. The summed E-state index contributed by atoms with van der Waals surface area (Å²) in [7, 11) is 0. The van der Waals surface area contributed by atoms with Gasteiger partial charge in [0, 0.05) is 0 Å². The molecule has 6 N–H and O–H groups in total. The summed E-state index contributed by atoms with van der Waals surface area (Å²) < 4.78 is 45.1. The molecule has 0 aliphatic carbocycles. The van der Waals surface area contributed by atoms with Gasteiger partial charge in [-0.15, -0.1) is 0 Å². The van der Waals surface area contributed by atoms with E-state index in [2.05, 4.69) is 0 Å². The molecule has 3 aromatic carbocycles. The van der Waals surface area contributed by atoms with Gasteiger partial charge in [-0.25, -0.2) is 0 Å². The summed E-state index contributed by atoms with van der Waals surface area (Å²) in [6.45, 7) is 3.79. The molecule has 7 heteroatoms. The molecule has 0 heterocycles. The third-order valence-corrected chi connectivity index (χ3v) is 5.33. The third-order valence-electron chi connectivity index (χ3n) is 5.33. The fourth-order valence-electron chi connectivity index (χ4n) is 3.70. The normalized spacial score (nSPS) is 12.3. The molecule has 0 radical (unpaired) electrons. The first-order valence-electron chi connectivity index (χ1n) is 9.33. The predicted octanol–water partition coefficient (Wildman–Crippen LogP) is 5.28. The summed E-state index contributed by atoms with van der Waals surface area (Å²) in [6.07, 6.45) is -4.80. The molecule has 0 atom stereocenters. The van der Waals surface area contributed by atoms with Crippen LogP contribution in [0.5, 0.6) is 11.5 Å². The highest BCUT2D eigenvalue weighted by Gasteiger charge is 2.58. The first kappa shape index (κ1) is 21.4. The quantitative estimate of drug-likeness (QED) is 0.264.